The second-order valence-corrected chi connectivity index (χ2v) is 4.97. The monoisotopic (exact) mass is 296 g/mol. The van der Waals surface area contributed by atoms with E-state index in [1.54, 1.807) is 31.0 Å². The van der Waals surface area contributed by atoms with Gasteiger partial charge >= 0.3 is 0 Å². The lowest BCUT2D eigenvalue weighted by atomic mass is 10.2. The molecule has 0 aromatic carbocycles. The van der Waals surface area contributed by atoms with Crippen molar-refractivity contribution in [1.82, 2.24) is 30.0 Å². The number of nitrogens with zero attached hydrogens (tertiary/aromatic N) is 6. The Hall–Kier alpha value is -2.67. The van der Waals surface area contributed by atoms with Gasteiger partial charge in [-0.25, -0.2) is 0 Å². The summed E-state index contributed by atoms with van der Waals surface area (Å²) in [5, 5.41) is 3.99. The molecule has 3 aromatic rings. The van der Waals surface area contributed by atoms with Crippen LogP contribution in [-0.2, 0) is 6.54 Å². The summed E-state index contributed by atoms with van der Waals surface area (Å²) in [4.78, 5) is 18.9. The van der Waals surface area contributed by atoms with Crippen LogP contribution >= 0.6 is 0 Å². The minimum Gasteiger partial charge on any atom is -0.338 e. The van der Waals surface area contributed by atoms with E-state index in [1.165, 1.54) is 0 Å². The number of rotatable bonds is 5. The average molecular weight is 296 g/mol. The van der Waals surface area contributed by atoms with Gasteiger partial charge in [0.25, 0.3) is 0 Å². The number of pyridine rings is 1. The summed E-state index contributed by atoms with van der Waals surface area (Å²) in [5.74, 6) is 1.10. The van der Waals surface area contributed by atoms with Crippen LogP contribution in [0.2, 0.25) is 0 Å². The Morgan fingerprint density at radius 2 is 2.05 bits per heavy atom. The van der Waals surface area contributed by atoms with Crippen molar-refractivity contribution in [3.05, 3.63) is 54.7 Å². The highest BCUT2D eigenvalue weighted by atomic mass is 16.5. The van der Waals surface area contributed by atoms with Crippen molar-refractivity contribution in [3.8, 4) is 11.4 Å². The highest BCUT2D eigenvalue weighted by Crippen LogP contribution is 2.19. The van der Waals surface area contributed by atoms with Crippen LogP contribution in [0.1, 0.15) is 24.6 Å². The second kappa shape index (κ2) is 6.40. The van der Waals surface area contributed by atoms with Crippen molar-refractivity contribution in [2.24, 2.45) is 0 Å². The van der Waals surface area contributed by atoms with E-state index in [0.29, 0.717) is 18.3 Å². The summed E-state index contributed by atoms with van der Waals surface area (Å²) < 4.78 is 5.31. The Morgan fingerprint density at radius 3 is 2.77 bits per heavy atom. The quantitative estimate of drug-likeness (QED) is 0.713. The van der Waals surface area contributed by atoms with Crippen molar-refractivity contribution in [2.45, 2.75) is 19.5 Å². The normalized spacial score (nSPS) is 12.5. The zero-order chi connectivity index (χ0) is 15.4. The van der Waals surface area contributed by atoms with E-state index in [2.05, 4.69) is 36.9 Å². The smallest absolute Gasteiger partial charge is 0.241 e. The molecule has 0 radical (unpaired) electrons. The van der Waals surface area contributed by atoms with Gasteiger partial charge in [0.05, 0.1) is 18.3 Å². The third kappa shape index (κ3) is 3.15. The molecule has 0 saturated heterocycles. The van der Waals surface area contributed by atoms with Crippen molar-refractivity contribution >= 4 is 0 Å². The van der Waals surface area contributed by atoms with Crippen molar-refractivity contribution in [1.29, 1.82) is 0 Å². The standard InChI is InChI=1S/C15H16N6O/c1-11(13-9-17-6-7-18-13)21(2)10-14-19-15(20-22-14)12-4-3-5-16-8-12/h3-9,11H,10H2,1-2H3/t11-/m1/s1. The summed E-state index contributed by atoms with van der Waals surface area (Å²) in [7, 11) is 1.98. The Balaban J connectivity index is 1.70. The molecule has 0 aliphatic rings. The van der Waals surface area contributed by atoms with Crippen LogP contribution in [0.3, 0.4) is 0 Å². The summed E-state index contributed by atoms with van der Waals surface area (Å²) >= 11 is 0. The van der Waals surface area contributed by atoms with Gasteiger partial charge in [0.2, 0.25) is 11.7 Å². The van der Waals surface area contributed by atoms with Gasteiger partial charge in [0, 0.05) is 36.5 Å². The molecule has 0 aliphatic heterocycles. The summed E-state index contributed by atoms with van der Waals surface area (Å²) in [6, 6.07) is 3.84. The van der Waals surface area contributed by atoms with Gasteiger partial charge in [0.1, 0.15) is 0 Å². The molecule has 112 valence electrons. The van der Waals surface area contributed by atoms with Gasteiger partial charge in [0.15, 0.2) is 0 Å². The van der Waals surface area contributed by atoms with Crippen LogP contribution < -0.4 is 0 Å². The molecule has 0 aliphatic carbocycles. The maximum atomic E-state index is 5.31. The maximum Gasteiger partial charge on any atom is 0.241 e. The largest absolute Gasteiger partial charge is 0.338 e. The fourth-order valence-electron chi connectivity index (χ4n) is 2.03. The molecule has 0 amide bonds. The highest BCUT2D eigenvalue weighted by Gasteiger charge is 2.17. The fourth-order valence-corrected chi connectivity index (χ4v) is 2.03. The average Bonchev–Trinajstić information content (AvgIpc) is 3.04. The molecule has 3 heterocycles. The zero-order valence-corrected chi connectivity index (χ0v) is 12.4. The molecule has 0 spiro atoms. The molecule has 1 atom stereocenters. The first kappa shape index (κ1) is 14.3. The van der Waals surface area contributed by atoms with Crippen molar-refractivity contribution in [2.75, 3.05) is 7.05 Å². The van der Waals surface area contributed by atoms with Gasteiger partial charge in [-0.3, -0.25) is 19.9 Å². The molecule has 0 N–H and O–H groups in total. The lowest BCUT2D eigenvalue weighted by Gasteiger charge is -2.21. The zero-order valence-electron chi connectivity index (χ0n) is 12.4. The van der Waals surface area contributed by atoms with Crippen LogP contribution in [0.25, 0.3) is 11.4 Å². The molecular formula is C15H16N6O. The molecule has 0 unspecified atom stereocenters. The SMILES string of the molecule is C[C@H](c1cnccn1)N(C)Cc1nc(-c2cccnc2)no1. The number of hydrogen-bond acceptors (Lipinski definition) is 7. The molecule has 7 nitrogen and oxygen atoms in total. The Bertz CT molecular complexity index is 715. The Kier molecular flexibility index (Phi) is 4.15. The highest BCUT2D eigenvalue weighted by molar-refractivity contribution is 5.51. The van der Waals surface area contributed by atoms with E-state index in [-0.39, 0.29) is 6.04 Å². The summed E-state index contributed by atoms with van der Waals surface area (Å²) in [5.41, 5.74) is 1.74. The van der Waals surface area contributed by atoms with Crippen LogP contribution in [0, 0.1) is 0 Å². The van der Waals surface area contributed by atoms with Gasteiger partial charge in [-0.2, -0.15) is 4.98 Å². The molecule has 3 rings (SSSR count). The van der Waals surface area contributed by atoms with Crippen LogP contribution in [0.4, 0.5) is 0 Å². The Morgan fingerprint density at radius 1 is 1.18 bits per heavy atom. The summed E-state index contributed by atoms with van der Waals surface area (Å²) in [6.07, 6.45) is 8.53. The molecule has 0 fully saturated rings. The fraction of sp³-hybridized carbons (Fsp3) is 0.267. The van der Waals surface area contributed by atoms with Crippen LogP contribution in [0.15, 0.2) is 47.6 Å². The molecule has 7 heteroatoms. The number of hydrogen-bond donors (Lipinski definition) is 0. The maximum absolute atomic E-state index is 5.31. The first-order valence-corrected chi connectivity index (χ1v) is 6.93. The molecule has 0 saturated carbocycles. The van der Waals surface area contributed by atoms with E-state index in [1.807, 2.05) is 19.2 Å². The first-order valence-electron chi connectivity index (χ1n) is 6.93. The van der Waals surface area contributed by atoms with Gasteiger partial charge in [-0.15, -0.1) is 0 Å². The molecular weight excluding hydrogens is 280 g/mol. The predicted molar refractivity (Wildman–Crippen MR) is 79.4 cm³/mol. The minimum absolute atomic E-state index is 0.0995. The van der Waals surface area contributed by atoms with Crippen molar-refractivity contribution < 1.29 is 4.52 Å². The van der Waals surface area contributed by atoms with E-state index < -0.39 is 0 Å². The first-order chi connectivity index (χ1) is 10.7. The summed E-state index contributed by atoms with van der Waals surface area (Å²) in [6.45, 7) is 2.59. The van der Waals surface area contributed by atoms with E-state index in [0.717, 1.165) is 11.3 Å². The van der Waals surface area contributed by atoms with E-state index in [4.69, 9.17) is 4.52 Å². The van der Waals surface area contributed by atoms with Crippen molar-refractivity contribution in [3.63, 3.8) is 0 Å². The third-order valence-electron chi connectivity index (χ3n) is 3.44. The second-order valence-electron chi connectivity index (χ2n) is 4.97. The lowest BCUT2D eigenvalue weighted by Crippen LogP contribution is -2.23. The molecule has 3 aromatic heterocycles. The minimum atomic E-state index is 0.0995. The molecule has 22 heavy (non-hydrogen) atoms. The van der Waals surface area contributed by atoms with Crippen LogP contribution in [0.5, 0.6) is 0 Å². The van der Waals surface area contributed by atoms with E-state index in [9.17, 15) is 0 Å². The molecule has 0 bridgehead atoms. The number of aromatic nitrogens is 5. The van der Waals surface area contributed by atoms with E-state index >= 15 is 0 Å². The van der Waals surface area contributed by atoms with Gasteiger partial charge < -0.3 is 4.52 Å². The predicted octanol–water partition coefficient (Wildman–Crippen LogP) is 2.11. The lowest BCUT2D eigenvalue weighted by molar-refractivity contribution is 0.213. The van der Waals surface area contributed by atoms with Gasteiger partial charge in [-0.1, -0.05) is 5.16 Å². The third-order valence-corrected chi connectivity index (χ3v) is 3.44. The topological polar surface area (TPSA) is 80.8 Å². The Labute approximate surface area is 128 Å². The van der Waals surface area contributed by atoms with Crippen LogP contribution in [-0.4, -0.2) is 37.0 Å². The van der Waals surface area contributed by atoms with Gasteiger partial charge in [-0.05, 0) is 26.1 Å².